The van der Waals surface area contributed by atoms with E-state index in [-0.39, 0.29) is 5.69 Å². The van der Waals surface area contributed by atoms with Crippen molar-refractivity contribution in [3.63, 3.8) is 0 Å². The molecule has 1 aliphatic heterocycles. The van der Waals surface area contributed by atoms with Crippen molar-refractivity contribution in [1.82, 2.24) is 4.98 Å². The average molecular weight is 220 g/mol. The molecule has 2 heterocycles. The third-order valence-corrected chi connectivity index (χ3v) is 2.95. The molecule has 0 amide bonds. The van der Waals surface area contributed by atoms with Crippen LogP contribution < -0.4 is 4.90 Å². The van der Waals surface area contributed by atoms with Crippen LogP contribution in [0.3, 0.4) is 0 Å². The number of pyridine rings is 1. The van der Waals surface area contributed by atoms with E-state index in [2.05, 4.69) is 23.7 Å². The molecule has 0 aromatic carbocycles. The van der Waals surface area contributed by atoms with E-state index in [1.165, 1.54) is 6.07 Å². The molecule has 4 nitrogen and oxygen atoms in total. The predicted molar refractivity (Wildman–Crippen MR) is 61.8 cm³/mol. The first-order valence-corrected chi connectivity index (χ1v) is 5.43. The van der Waals surface area contributed by atoms with Crippen LogP contribution in [-0.4, -0.2) is 29.1 Å². The minimum Gasteiger partial charge on any atom is -0.477 e. The van der Waals surface area contributed by atoms with E-state index in [9.17, 15) is 4.79 Å². The summed E-state index contributed by atoms with van der Waals surface area (Å²) in [4.78, 5) is 17.1. The van der Waals surface area contributed by atoms with Crippen LogP contribution in [0.2, 0.25) is 0 Å². The highest BCUT2D eigenvalue weighted by molar-refractivity contribution is 5.85. The lowest BCUT2D eigenvalue weighted by molar-refractivity contribution is 0.0690. The molecular formula is C12H16N2O2. The normalized spacial score (nSPS) is 18.8. The first-order valence-electron chi connectivity index (χ1n) is 5.43. The number of carboxylic acid groups (broad SMARTS) is 1. The molecule has 0 spiro atoms. The molecule has 4 heteroatoms. The third kappa shape index (κ3) is 2.15. The first kappa shape index (κ1) is 10.9. The largest absolute Gasteiger partial charge is 0.477 e. The zero-order valence-electron chi connectivity index (χ0n) is 9.60. The standard InChI is InChI=1S/C12H16N2O2/c1-12(2)6-7-14(8-12)10-5-3-4-9(13-10)11(15)16/h3-5H,6-8H2,1-2H3,(H,15,16). The quantitative estimate of drug-likeness (QED) is 0.828. The van der Waals surface area contributed by atoms with E-state index < -0.39 is 5.97 Å². The number of anilines is 1. The Hall–Kier alpha value is -1.58. The van der Waals surface area contributed by atoms with Crippen LogP contribution in [0.5, 0.6) is 0 Å². The maximum absolute atomic E-state index is 10.8. The molecule has 86 valence electrons. The van der Waals surface area contributed by atoms with Crippen molar-refractivity contribution in [2.24, 2.45) is 5.41 Å². The highest BCUT2D eigenvalue weighted by Crippen LogP contribution is 2.31. The second-order valence-corrected chi connectivity index (χ2v) is 5.02. The SMILES string of the molecule is CC1(C)CCN(c2cccc(C(=O)O)n2)C1. The third-order valence-electron chi connectivity index (χ3n) is 2.95. The van der Waals surface area contributed by atoms with Gasteiger partial charge in [-0.2, -0.15) is 0 Å². The van der Waals surface area contributed by atoms with Crippen LogP contribution in [0.1, 0.15) is 30.8 Å². The van der Waals surface area contributed by atoms with Gasteiger partial charge in [0.2, 0.25) is 0 Å². The highest BCUT2D eigenvalue weighted by Gasteiger charge is 2.29. The molecule has 1 aromatic rings. The van der Waals surface area contributed by atoms with Crippen molar-refractivity contribution in [2.45, 2.75) is 20.3 Å². The van der Waals surface area contributed by atoms with Gasteiger partial charge >= 0.3 is 5.97 Å². The Morgan fingerprint density at radius 2 is 2.25 bits per heavy atom. The average Bonchev–Trinajstić information content (AvgIpc) is 2.59. The molecule has 0 unspecified atom stereocenters. The van der Waals surface area contributed by atoms with Gasteiger partial charge in [0.25, 0.3) is 0 Å². The smallest absolute Gasteiger partial charge is 0.354 e. The van der Waals surface area contributed by atoms with Crippen molar-refractivity contribution >= 4 is 11.8 Å². The Balaban J connectivity index is 2.22. The molecule has 0 radical (unpaired) electrons. The number of nitrogens with zero attached hydrogens (tertiary/aromatic N) is 2. The number of hydrogen-bond donors (Lipinski definition) is 1. The van der Waals surface area contributed by atoms with E-state index in [1.54, 1.807) is 6.07 Å². The van der Waals surface area contributed by atoms with E-state index >= 15 is 0 Å². The Kier molecular flexibility index (Phi) is 2.58. The van der Waals surface area contributed by atoms with Crippen LogP contribution in [0.25, 0.3) is 0 Å². The minimum atomic E-state index is -0.972. The maximum Gasteiger partial charge on any atom is 0.354 e. The number of hydrogen-bond acceptors (Lipinski definition) is 3. The molecule has 16 heavy (non-hydrogen) atoms. The summed E-state index contributed by atoms with van der Waals surface area (Å²) in [5, 5.41) is 8.87. The Morgan fingerprint density at radius 3 is 2.81 bits per heavy atom. The van der Waals surface area contributed by atoms with Crippen molar-refractivity contribution in [1.29, 1.82) is 0 Å². The van der Waals surface area contributed by atoms with Crippen LogP contribution in [0.15, 0.2) is 18.2 Å². The van der Waals surface area contributed by atoms with Gasteiger partial charge in [-0.3, -0.25) is 0 Å². The fourth-order valence-corrected chi connectivity index (χ4v) is 2.03. The van der Waals surface area contributed by atoms with Gasteiger partial charge in [-0.25, -0.2) is 9.78 Å². The van der Waals surface area contributed by atoms with E-state index in [4.69, 9.17) is 5.11 Å². The summed E-state index contributed by atoms with van der Waals surface area (Å²) in [7, 11) is 0. The van der Waals surface area contributed by atoms with Crippen molar-refractivity contribution < 1.29 is 9.90 Å². The van der Waals surface area contributed by atoms with Crippen molar-refractivity contribution in [3.05, 3.63) is 23.9 Å². The van der Waals surface area contributed by atoms with E-state index in [0.29, 0.717) is 5.41 Å². The number of rotatable bonds is 2. The summed E-state index contributed by atoms with van der Waals surface area (Å²) in [6.07, 6.45) is 1.12. The fourth-order valence-electron chi connectivity index (χ4n) is 2.03. The Morgan fingerprint density at radius 1 is 1.50 bits per heavy atom. The molecular weight excluding hydrogens is 204 g/mol. The molecule has 0 aliphatic carbocycles. The molecule has 0 saturated carbocycles. The van der Waals surface area contributed by atoms with Crippen LogP contribution in [-0.2, 0) is 0 Å². The second-order valence-electron chi connectivity index (χ2n) is 5.02. The zero-order valence-corrected chi connectivity index (χ0v) is 9.60. The Bertz CT molecular complexity index is 415. The summed E-state index contributed by atoms with van der Waals surface area (Å²) in [6, 6.07) is 5.14. The molecule has 0 bridgehead atoms. The molecule has 0 atom stereocenters. The maximum atomic E-state index is 10.8. The minimum absolute atomic E-state index is 0.113. The van der Waals surface area contributed by atoms with Gasteiger partial charge in [0.05, 0.1) is 0 Å². The van der Waals surface area contributed by atoms with Gasteiger partial charge in [0.15, 0.2) is 5.69 Å². The summed E-state index contributed by atoms with van der Waals surface area (Å²) in [6.45, 7) is 6.31. The summed E-state index contributed by atoms with van der Waals surface area (Å²) in [5.74, 6) is -0.203. The summed E-state index contributed by atoms with van der Waals surface area (Å²) in [5.41, 5.74) is 0.406. The molecule has 1 saturated heterocycles. The first-order chi connectivity index (χ1) is 7.48. The molecule has 1 N–H and O–H groups in total. The van der Waals surface area contributed by atoms with E-state index in [1.807, 2.05) is 6.07 Å². The van der Waals surface area contributed by atoms with E-state index in [0.717, 1.165) is 25.3 Å². The number of aromatic nitrogens is 1. The predicted octanol–water partition coefficient (Wildman–Crippen LogP) is 2.02. The molecule has 1 aromatic heterocycles. The monoisotopic (exact) mass is 220 g/mol. The van der Waals surface area contributed by atoms with Crippen LogP contribution in [0, 0.1) is 5.41 Å². The number of carbonyl (C=O) groups is 1. The van der Waals surface area contributed by atoms with Crippen molar-refractivity contribution in [2.75, 3.05) is 18.0 Å². The fraction of sp³-hybridized carbons (Fsp3) is 0.500. The summed E-state index contributed by atoms with van der Waals surface area (Å²) >= 11 is 0. The van der Waals surface area contributed by atoms with Crippen LogP contribution in [0.4, 0.5) is 5.82 Å². The summed E-state index contributed by atoms with van der Waals surface area (Å²) < 4.78 is 0. The second kappa shape index (κ2) is 3.77. The topological polar surface area (TPSA) is 53.4 Å². The highest BCUT2D eigenvalue weighted by atomic mass is 16.4. The lowest BCUT2D eigenvalue weighted by Crippen LogP contribution is -2.24. The van der Waals surface area contributed by atoms with Gasteiger partial charge in [0.1, 0.15) is 5.82 Å². The number of aromatic carboxylic acids is 1. The lowest BCUT2D eigenvalue weighted by atomic mass is 9.93. The van der Waals surface area contributed by atoms with Crippen molar-refractivity contribution in [3.8, 4) is 0 Å². The Labute approximate surface area is 94.9 Å². The molecule has 1 aliphatic rings. The van der Waals surface area contributed by atoms with Gasteiger partial charge in [-0.15, -0.1) is 0 Å². The zero-order chi connectivity index (χ0) is 11.8. The van der Waals surface area contributed by atoms with Gasteiger partial charge < -0.3 is 10.0 Å². The van der Waals surface area contributed by atoms with Gasteiger partial charge in [-0.1, -0.05) is 19.9 Å². The lowest BCUT2D eigenvalue weighted by Gasteiger charge is -2.20. The molecule has 1 fully saturated rings. The van der Waals surface area contributed by atoms with Gasteiger partial charge in [0, 0.05) is 13.1 Å². The van der Waals surface area contributed by atoms with Gasteiger partial charge in [-0.05, 0) is 24.0 Å². The number of carboxylic acids is 1. The molecule has 2 rings (SSSR count). The van der Waals surface area contributed by atoms with Crippen LogP contribution >= 0.6 is 0 Å².